The molecule has 0 aliphatic rings. The molecule has 1 heterocycles. The van der Waals surface area contributed by atoms with Crippen LogP contribution in [0.1, 0.15) is 17.4 Å². The number of halogens is 1. The van der Waals surface area contributed by atoms with Crippen LogP contribution in [0.25, 0.3) is 0 Å². The van der Waals surface area contributed by atoms with Crippen molar-refractivity contribution in [3.05, 3.63) is 58.5 Å². The van der Waals surface area contributed by atoms with Crippen LogP contribution < -0.4 is 11.3 Å². The summed E-state index contributed by atoms with van der Waals surface area (Å²) in [6, 6.07) is 11.9. The van der Waals surface area contributed by atoms with E-state index >= 15 is 0 Å². The highest BCUT2D eigenvalue weighted by Crippen LogP contribution is 2.20. The SMILES string of the molecule is NNC(Cc1cccc(Br)c1)c1ccco1. The minimum atomic E-state index is 0.00398. The van der Waals surface area contributed by atoms with Gasteiger partial charge in [0.25, 0.3) is 0 Å². The molecule has 84 valence electrons. The minimum Gasteiger partial charge on any atom is -0.468 e. The van der Waals surface area contributed by atoms with Crippen LogP contribution in [0.5, 0.6) is 0 Å². The first-order chi connectivity index (χ1) is 7.79. The number of furan rings is 1. The smallest absolute Gasteiger partial charge is 0.122 e. The summed E-state index contributed by atoms with van der Waals surface area (Å²) in [7, 11) is 0. The first-order valence-electron chi connectivity index (χ1n) is 5.03. The second-order valence-corrected chi connectivity index (χ2v) is 4.48. The van der Waals surface area contributed by atoms with E-state index in [1.54, 1.807) is 6.26 Å². The van der Waals surface area contributed by atoms with Gasteiger partial charge in [0.1, 0.15) is 5.76 Å². The molecule has 1 unspecified atom stereocenters. The Hall–Kier alpha value is -1.10. The van der Waals surface area contributed by atoms with Crippen molar-refractivity contribution in [3.63, 3.8) is 0 Å². The van der Waals surface area contributed by atoms with Crippen LogP contribution in [-0.2, 0) is 6.42 Å². The molecule has 1 aromatic carbocycles. The van der Waals surface area contributed by atoms with Crippen LogP contribution in [0.15, 0.2) is 51.6 Å². The molecule has 3 N–H and O–H groups in total. The van der Waals surface area contributed by atoms with Gasteiger partial charge in [-0.3, -0.25) is 5.84 Å². The predicted octanol–water partition coefficient (Wildman–Crippen LogP) is 2.79. The van der Waals surface area contributed by atoms with Gasteiger partial charge in [0.15, 0.2) is 0 Å². The fraction of sp³-hybridized carbons (Fsp3) is 0.167. The number of hydrazine groups is 1. The van der Waals surface area contributed by atoms with Crippen molar-refractivity contribution < 1.29 is 4.42 Å². The molecule has 2 rings (SSSR count). The van der Waals surface area contributed by atoms with Crippen molar-refractivity contribution in [3.8, 4) is 0 Å². The lowest BCUT2D eigenvalue weighted by molar-refractivity contribution is 0.416. The second-order valence-electron chi connectivity index (χ2n) is 3.57. The third-order valence-corrected chi connectivity index (χ3v) is 2.91. The zero-order valence-electron chi connectivity index (χ0n) is 8.69. The topological polar surface area (TPSA) is 51.2 Å². The van der Waals surface area contributed by atoms with E-state index in [1.165, 1.54) is 5.56 Å². The Morgan fingerprint density at radius 1 is 1.31 bits per heavy atom. The number of nitrogens with one attached hydrogen (secondary N) is 1. The summed E-state index contributed by atoms with van der Waals surface area (Å²) in [5.74, 6) is 6.38. The van der Waals surface area contributed by atoms with Crippen LogP contribution in [0, 0.1) is 0 Å². The van der Waals surface area contributed by atoms with Crippen molar-refractivity contribution in [2.24, 2.45) is 5.84 Å². The Balaban J connectivity index is 2.13. The van der Waals surface area contributed by atoms with E-state index in [9.17, 15) is 0 Å². The highest BCUT2D eigenvalue weighted by atomic mass is 79.9. The van der Waals surface area contributed by atoms with Gasteiger partial charge in [-0.1, -0.05) is 28.1 Å². The molecule has 0 spiro atoms. The molecule has 4 heteroatoms. The summed E-state index contributed by atoms with van der Waals surface area (Å²) in [5, 5.41) is 0. The van der Waals surface area contributed by atoms with Gasteiger partial charge in [-0.25, -0.2) is 5.43 Å². The molecule has 0 aliphatic heterocycles. The molecule has 0 saturated carbocycles. The summed E-state index contributed by atoms with van der Waals surface area (Å²) in [6.45, 7) is 0. The van der Waals surface area contributed by atoms with Crippen molar-refractivity contribution >= 4 is 15.9 Å². The molecule has 0 saturated heterocycles. The monoisotopic (exact) mass is 280 g/mol. The molecule has 16 heavy (non-hydrogen) atoms. The molecule has 0 amide bonds. The fourth-order valence-corrected chi connectivity index (χ4v) is 2.08. The van der Waals surface area contributed by atoms with Crippen molar-refractivity contribution in [2.45, 2.75) is 12.5 Å². The van der Waals surface area contributed by atoms with Crippen molar-refractivity contribution in [1.29, 1.82) is 0 Å². The normalized spacial score (nSPS) is 12.6. The van der Waals surface area contributed by atoms with E-state index in [1.807, 2.05) is 24.3 Å². The zero-order chi connectivity index (χ0) is 11.4. The van der Waals surface area contributed by atoms with Crippen molar-refractivity contribution in [2.75, 3.05) is 0 Å². The predicted molar refractivity (Wildman–Crippen MR) is 66.6 cm³/mol. The van der Waals surface area contributed by atoms with Gasteiger partial charge in [0.2, 0.25) is 0 Å². The van der Waals surface area contributed by atoms with Crippen LogP contribution in [0.2, 0.25) is 0 Å². The average molecular weight is 281 g/mol. The first-order valence-corrected chi connectivity index (χ1v) is 5.83. The summed E-state index contributed by atoms with van der Waals surface area (Å²) in [4.78, 5) is 0. The number of benzene rings is 1. The van der Waals surface area contributed by atoms with Gasteiger partial charge in [-0.2, -0.15) is 0 Å². The lowest BCUT2D eigenvalue weighted by atomic mass is 10.0. The summed E-state index contributed by atoms with van der Waals surface area (Å²) in [5.41, 5.74) is 3.97. The molecule has 0 fully saturated rings. The van der Waals surface area contributed by atoms with Gasteiger partial charge in [-0.05, 0) is 36.2 Å². The minimum absolute atomic E-state index is 0.00398. The number of rotatable bonds is 4. The maximum atomic E-state index is 5.53. The Bertz CT molecular complexity index is 442. The van der Waals surface area contributed by atoms with E-state index in [2.05, 4.69) is 33.5 Å². The lowest BCUT2D eigenvalue weighted by Crippen LogP contribution is -2.29. The molecule has 0 radical (unpaired) electrons. The van der Waals surface area contributed by atoms with Gasteiger partial charge in [0.05, 0.1) is 12.3 Å². The lowest BCUT2D eigenvalue weighted by Gasteiger charge is -2.13. The average Bonchev–Trinajstić information content (AvgIpc) is 2.79. The Morgan fingerprint density at radius 2 is 2.19 bits per heavy atom. The van der Waals surface area contributed by atoms with Gasteiger partial charge in [-0.15, -0.1) is 0 Å². The Morgan fingerprint density at radius 3 is 2.81 bits per heavy atom. The highest BCUT2D eigenvalue weighted by molar-refractivity contribution is 9.10. The maximum Gasteiger partial charge on any atom is 0.122 e. The Labute approximate surface area is 103 Å². The highest BCUT2D eigenvalue weighted by Gasteiger charge is 2.12. The molecular weight excluding hydrogens is 268 g/mol. The molecule has 2 aromatic rings. The van der Waals surface area contributed by atoms with E-state index < -0.39 is 0 Å². The zero-order valence-corrected chi connectivity index (χ0v) is 10.3. The third-order valence-electron chi connectivity index (χ3n) is 2.42. The molecule has 0 bridgehead atoms. The quantitative estimate of drug-likeness (QED) is 0.669. The van der Waals surface area contributed by atoms with Gasteiger partial charge >= 0.3 is 0 Å². The van der Waals surface area contributed by atoms with Crippen LogP contribution in [0.4, 0.5) is 0 Å². The summed E-state index contributed by atoms with van der Waals surface area (Å²) >= 11 is 3.45. The first kappa shape index (κ1) is 11.4. The van der Waals surface area contributed by atoms with Crippen LogP contribution in [-0.4, -0.2) is 0 Å². The van der Waals surface area contributed by atoms with E-state index in [4.69, 9.17) is 10.3 Å². The molecule has 1 aromatic heterocycles. The molecule has 3 nitrogen and oxygen atoms in total. The van der Waals surface area contributed by atoms with E-state index in [0.717, 1.165) is 16.7 Å². The number of nitrogens with two attached hydrogens (primary N) is 1. The Kier molecular flexibility index (Phi) is 3.77. The number of hydrogen-bond acceptors (Lipinski definition) is 3. The molecule has 1 atom stereocenters. The number of hydrogen-bond donors (Lipinski definition) is 2. The van der Waals surface area contributed by atoms with Gasteiger partial charge < -0.3 is 4.42 Å². The third kappa shape index (κ3) is 2.72. The molecular formula is C12H13BrN2O. The second kappa shape index (κ2) is 5.30. The van der Waals surface area contributed by atoms with Crippen LogP contribution >= 0.6 is 15.9 Å². The summed E-state index contributed by atoms with van der Waals surface area (Å²) in [6.07, 6.45) is 2.45. The maximum absolute atomic E-state index is 5.53. The fourth-order valence-electron chi connectivity index (χ4n) is 1.63. The largest absolute Gasteiger partial charge is 0.468 e. The van der Waals surface area contributed by atoms with E-state index in [-0.39, 0.29) is 6.04 Å². The molecule has 0 aliphatic carbocycles. The van der Waals surface area contributed by atoms with E-state index in [0.29, 0.717) is 0 Å². The van der Waals surface area contributed by atoms with Crippen LogP contribution in [0.3, 0.4) is 0 Å². The summed E-state index contributed by atoms with van der Waals surface area (Å²) < 4.78 is 6.40. The standard InChI is InChI=1S/C12H13BrN2O/c13-10-4-1-3-9(7-10)8-11(15-14)12-5-2-6-16-12/h1-7,11,15H,8,14H2. The van der Waals surface area contributed by atoms with Crippen molar-refractivity contribution in [1.82, 2.24) is 5.43 Å². The van der Waals surface area contributed by atoms with Gasteiger partial charge in [0, 0.05) is 4.47 Å².